The van der Waals surface area contributed by atoms with E-state index >= 15 is 0 Å². The van der Waals surface area contributed by atoms with Crippen LogP contribution in [0.25, 0.3) is 0 Å². The molecule has 8 heteroatoms. The third kappa shape index (κ3) is 3.01. The molecule has 0 aromatic rings. The number of halogens is 1. The van der Waals surface area contributed by atoms with E-state index < -0.39 is 32.2 Å². The summed E-state index contributed by atoms with van der Waals surface area (Å²) in [4.78, 5) is 9.05. The first-order valence-electron chi connectivity index (χ1n) is 4.53. The second-order valence-corrected chi connectivity index (χ2v) is 4.73. The molecule has 2 radical (unpaired) electrons. The van der Waals surface area contributed by atoms with Gasteiger partial charge in [0, 0.05) is 7.11 Å². The SMILES string of the molecule is [B][C@@H]1O[C@H](CC)C(OP(=O)(O)OC)C1F. The molecule has 0 aromatic heterocycles. The number of phosphoric acid groups is 1. The van der Waals surface area contributed by atoms with E-state index in [0.717, 1.165) is 7.11 Å². The molecule has 1 saturated heterocycles. The molecule has 0 aromatic carbocycles. The highest BCUT2D eigenvalue weighted by Crippen LogP contribution is 2.46. The van der Waals surface area contributed by atoms with Crippen LogP contribution in [0.5, 0.6) is 0 Å². The fraction of sp³-hybridized carbons (Fsp3) is 1.00. The lowest BCUT2D eigenvalue weighted by atomic mass is 9.94. The molecule has 0 spiro atoms. The van der Waals surface area contributed by atoms with Crippen molar-refractivity contribution in [3.05, 3.63) is 0 Å². The van der Waals surface area contributed by atoms with Crippen molar-refractivity contribution in [2.45, 2.75) is 37.7 Å². The Kier molecular flexibility index (Phi) is 4.32. The van der Waals surface area contributed by atoms with Crippen LogP contribution >= 0.6 is 7.82 Å². The summed E-state index contributed by atoms with van der Waals surface area (Å²) in [5, 5.41) is 0. The van der Waals surface area contributed by atoms with Crippen LogP contribution in [0.2, 0.25) is 0 Å². The Morgan fingerprint density at radius 2 is 2.27 bits per heavy atom. The predicted octanol–water partition coefficient (Wildman–Crippen LogP) is 0.760. The monoisotopic (exact) mass is 238 g/mol. The van der Waals surface area contributed by atoms with Crippen molar-refractivity contribution in [3.8, 4) is 0 Å². The van der Waals surface area contributed by atoms with Crippen molar-refractivity contribution in [2.75, 3.05) is 7.11 Å². The molecule has 5 nitrogen and oxygen atoms in total. The minimum absolute atomic E-state index is 0.433. The van der Waals surface area contributed by atoms with Gasteiger partial charge in [-0.2, -0.15) is 0 Å². The summed E-state index contributed by atoms with van der Waals surface area (Å²) in [6, 6.07) is -1.13. The lowest BCUT2D eigenvalue weighted by Gasteiger charge is -2.20. The Balaban J connectivity index is 2.70. The standard InChI is InChI=1S/C7H13BFO5P/c1-3-4-6(5(9)7(8)13-4)14-15(10,11)12-2/h4-7H,3H2,1-2H3,(H,10,11)/t4-,5?,6?,7-/m1/s1. The molecule has 1 aliphatic heterocycles. The number of alkyl halides is 1. The lowest BCUT2D eigenvalue weighted by molar-refractivity contribution is 0.0224. The van der Waals surface area contributed by atoms with Crippen LogP contribution in [0.15, 0.2) is 0 Å². The molecule has 15 heavy (non-hydrogen) atoms. The van der Waals surface area contributed by atoms with E-state index in [1.54, 1.807) is 6.92 Å². The van der Waals surface area contributed by atoms with Crippen molar-refractivity contribution >= 4 is 15.7 Å². The fourth-order valence-electron chi connectivity index (χ4n) is 1.40. The van der Waals surface area contributed by atoms with Gasteiger partial charge in [0.05, 0.1) is 12.1 Å². The van der Waals surface area contributed by atoms with Crippen molar-refractivity contribution in [1.82, 2.24) is 0 Å². The molecule has 86 valence electrons. The highest BCUT2D eigenvalue weighted by atomic mass is 31.2. The molecule has 0 saturated carbocycles. The number of hydrogen-bond donors (Lipinski definition) is 1. The number of phosphoric ester groups is 1. The van der Waals surface area contributed by atoms with Crippen molar-refractivity contribution in [3.63, 3.8) is 0 Å². The smallest absolute Gasteiger partial charge is 0.379 e. The second kappa shape index (κ2) is 4.93. The van der Waals surface area contributed by atoms with E-state index in [-0.39, 0.29) is 0 Å². The minimum Gasteiger partial charge on any atom is -0.379 e. The predicted molar refractivity (Wildman–Crippen MR) is 51.3 cm³/mol. The van der Waals surface area contributed by atoms with Gasteiger partial charge in [-0.3, -0.25) is 9.05 Å². The number of hydrogen-bond acceptors (Lipinski definition) is 4. The van der Waals surface area contributed by atoms with Gasteiger partial charge in [-0.25, -0.2) is 8.96 Å². The summed E-state index contributed by atoms with van der Waals surface area (Å²) in [7, 11) is 2.10. The maximum absolute atomic E-state index is 13.4. The van der Waals surface area contributed by atoms with Gasteiger partial charge in [0.1, 0.15) is 20.1 Å². The quantitative estimate of drug-likeness (QED) is 0.578. The molecule has 0 bridgehead atoms. The first-order chi connectivity index (χ1) is 6.91. The average molecular weight is 238 g/mol. The van der Waals surface area contributed by atoms with Crippen LogP contribution in [0.1, 0.15) is 13.3 Å². The van der Waals surface area contributed by atoms with Crippen molar-refractivity contribution in [1.29, 1.82) is 0 Å². The maximum Gasteiger partial charge on any atom is 0.472 e. The first-order valence-corrected chi connectivity index (χ1v) is 6.03. The Morgan fingerprint density at radius 1 is 1.67 bits per heavy atom. The first kappa shape index (κ1) is 13.1. The van der Waals surface area contributed by atoms with Crippen molar-refractivity contribution < 1.29 is 27.6 Å². The molecule has 1 rings (SSSR count). The zero-order valence-corrected chi connectivity index (χ0v) is 9.39. The van der Waals surface area contributed by atoms with Gasteiger partial charge in [0.15, 0.2) is 0 Å². The number of rotatable bonds is 4. The maximum atomic E-state index is 13.4. The van der Waals surface area contributed by atoms with Gasteiger partial charge in [0.2, 0.25) is 0 Å². The third-order valence-corrected chi connectivity index (χ3v) is 3.19. The molecule has 1 fully saturated rings. The van der Waals surface area contributed by atoms with Crippen LogP contribution in [0.3, 0.4) is 0 Å². The Morgan fingerprint density at radius 3 is 2.73 bits per heavy atom. The van der Waals surface area contributed by atoms with E-state index in [9.17, 15) is 8.96 Å². The largest absolute Gasteiger partial charge is 0.472 e. The summed E-state index contributed by atoms with van der Waals surface area (Å²) < 4.78 is 38.4. The Labute approximate surface area is 88.9 Å². The molecule has 1 N–H and O–H groups in total. The summed E-state index contributed by atoms with van der Waals surface area (Å²) in [6.45, 7) is 1.74. The molecule has 1 heterocycles. The van der Waals surface area contributed by atoms with Gasteiger partial charge in [-0.1, -0.05) is 6.92 Å². The summed E-state index contributed by atoms with van der Waals surface area (Å²) in [6.07, 6.45) is -3.00. The lowest BCUT2D eigenvalue weighted by Crippen LogP contribution is -2.31. The zero-order valence-electron chi connectivity index (χ0n) is 8.50. The van der Waals surface area contributed by atoms with Gasteiger partial charge in [-0.05, 0) is 6.42 Å². The molecule has 1 aliphatic rings. The molecular formula is C7H13BFO5P. The van der Waals surface area contributed by atoms with Gasteiger partial charge < -0.3 is 9.63 Å². The van der Waals surface area contributed by atoms with Crippen LogP contribution in [-0.4, -0.2) is 44.2 Å². The van der Waals surface area contributed by atoms with Crippen LogP contribution in [0, 0.1) is 0 Å². The van der Waals surface area contributed by atoms with E-state index in [0.29, 0.717) is 6.42 Å². The highest BCUT2D eigenvalue weighted by molar-refractivity contribution is 7.47. The highest BCUT2D eigenvalue weighted by Gasteiger charge is 2.45. The van der Waals surface area contributed by atoms with Crippen LogP contribution in [-0.2, 0) is 18.3 Å². The van der Waals surface area contributed by atoms with Crippen LogP contribution < -0.4 is 0 Å². The zero-order chi connectivity index (χ0) is 11.6. The molecule has 0 aliphatic carbocycles. The Bertz CT molecular complexity index is 266. The molecule has 0 amide bonds. The van der Waals surface area contributed by atoms with Gasteiger partial charge in [-0.15, -0.1) is 0 Å². The van der Waals surface area contributed by atoms with E-state index in [1.165, 1.54) is 0 Å². The Hall–Kier alpha value is 0.0649. The molecule has 3 unspecified atom stereocenters. The van der Waals surface area contributed by atoms with Crippen molar-refractivity contribution in [2.24, 2.45) is 0 Å². The van der Waals surface area contributed by atoms with E-state index in [4.69, 9.17) is 17.5 Å². The number of ether oxygens (including phenoxy) is 1. The van der Waals surface area contributed by atoms with E-state index in [1.807, 2.05) is 0 Å². The summed E-state index contributed by atoms with van der Waals surface area (Å²) in [5.41, 5.74) is 0. The summed E-state index contributed by atoms with van der Waals surface area (Å²) >= 11 is 0. The normalized spacial score (nSPS) is 40.3. The molecular weight excluding hydrogens is 225 g/mol. The average Bonchev–Trinajstić information content (AvgIpc) is 2.45. The third-order valence-electron chi connectivity index (χ3n) is 2.21. The summed E-state index contributed by atoms with van der Waals surface area (Å²) in [5.74, 6) is 0. The fourth-order valence-corrected chi connectivity index (χ4v) is 2.04. The van der Waals surface area contributed by atoms with Gasteiger partial charge >= 0.3 is 7.82 Å². The van der Waals surface area contributed by atoms with E-state index in [2.05, 4.69) is 9.05 Å². The van der Waals surface area contributed by atoms with Gasteiger partial charge in [0.25, 0.3) is 0 Å². The second-order valence-electron chi connectivity index (χ2n) is 3.21. The topological polar surface area (TPSA) is 65.0 Å². The minimum atomic E-state index is -4.21. The van der Waals surface area contributed by atoms with Crippen LogP contribution in [0.4, 0.5) is 4.39 Å². The molecule has 5 atom stereocenters.